The number of aliphatic carboxylic acids is 1. The van der Waals surface area contributed by atoms with E-state index in [9.17, 15) is 23.2 Å². The van der Waals surface area contributed by atoms with Gasteiger partial charge in [0.1, 0.15) is 18.7 Å². The zero-order valence-electron chi connectivity index (χ0n) is 18.5. The molecule has 1 unspecified atom stereocenters. The molecule has 7 nitrogen and oxygen atoms in total. The van der Waals surface area contributed by atoms with E-state index in [2.05, 4.69) is 10.6 Å². The second-order valence-electron chi connectivity index (χ2n) is 7.83. The fraction of sp³-hybridized carbons (Fsp3) is 0.375. The second kappa shape index (κ2) is 11.8. The lowest BCUT2D eigenvalue weighted by Gasteiger charge is -2.21. The third kappa shape index (κ3) is 6.25. The average molecular weight is 493 g/mol. The average Bonchev–Trinajstić information content (AvgIpc) is 3.13. The number of carbonyl (C=O) groups excluding carboxylic acids is 2. The number of amides is 2. The van der Waals surface area contributed by atoms with E-state index < -0.39 is 42.9 Å². The van der Waals surface area contributed by atoms with Crippen LogP contribution in [0.15, 0.2) is 48.5 Å². The summed E-state index contributed by atoms with van der Waals surface area (Å²) in [6.07, 6.45) is -2.79. The van der Waals surface area contributed by atoms with E-state index in [1.165, 1.54) is 11.8 Å². The number of benzene rings is 2. The Kier molecular flexibility index (Phi) is 8.86. The third-order valence-corrected chi connectivity index (χ3v) is 6.24. The summed E-state index contributed by atoms with van der Waals surface area (Å²) in [6.45, 7) is 0.0415. The van der Waals surface area contributed by atoms with Crippen LogP contribution in [-0.2, 0) is 14.3 Å². The van der Waals surface area contributed by atoms with Crippen molar-refractivity contribution in [1.29, 1.82) is 0 Å². The summed E-state index contributed by atoms with van der Waals surface area (Å²) in [6, 6.07) is 12.8. The summed E-state index contributed by atoms with van der Waals surface area (Å²) >= 11 is 1.42. The molecule has 2 aromatic rings. The summed E-state index contributed by atoms with van der Waals surface area (Å²) in [5.41, 5.74) is 4.21. The maximum absolute atomic E-state index is 12.7. The normalized spacial score (nSPS) is 14.1. The first-order valence-electron chi connectivity index (χ1n) is 10.7. The van der Waals surface area contributed by atoms with Gasteiger partial charge >= 0.3 is 12.1 Å². The van der Waals surface area contributed by atoms with Gasteiger partial charge in [0.05, 0.1) is 0 Å². The summed E-state index contributed by atoms with van der Waals surface area (Å²) < 4.78 is 30.8. The zero-order valence-corrected chi connectivity index (χ0v) is 19.3. The Hall–Kier alpha value is -3.14. The molecule has 1 aliphatic carbocycles. The number of ether oxygens (including phenoxy) is 1. The van der Waals surface area contributed by atoms with Gasteiger partial charge in [-0.05, 0) is 40.7 Å². The number of alkyl halides is 2. The smallest absolute Gasteiger partial charge is 0.407 e. The summed E-state index contributed by atoms with van der Waals surface area (Å²) in [5, 5.41) is 13.7. The molecule has 0 fully saturated rings. The zero-order chi connectivity index (χ0) is 24.7. The lowest BCUT2D eigenvalue weighted by atomic mass is 9.98. The molecule has 182 valence electrons. The van der Waals surface area contributed by atoms with Crippen LogP contribution < -0.4 is 10.6 Å². The van der Waals surface area contributed by atoms with Crippen LogP contribution in [0.25, 0.3) is 11.1 Å². The molecule has 0 aromatic heterocycles. The topological polar surface area (TPSA) is 105 Å². The number of hydrogen-bond acceptors (Lipinski definition) is 5. The minimum Gasteiger partial charge on any atom is -0.480 e. The number of halogens is 2. The number of hydrogen-bond donors (Lipinski definition) is 3. The molecule has 3 N–H and O–H groups in total. The Morgan fingerprint density at radius 3 is 2.12 bits per heavy atom. The lowest BCUT2D eigenvalue weighted by molar-refractivity contribution is -0.143. The number of fused-ring (bicyclic) bond motifs is 3. The van der Waals surface area contributed by atoms with Gasteiger partial charge in [-0.2, -0.15) is 11.8 Å². The highest BCUT2D eigenvalue weighted by Gasteiger charge is 2.31. The summed E-state index contributed by atoms with van der Waals surface area (Å²) in [5.74, 6) is -2.11. The minimum absolute atomic E-state index is 0.0415. The number of carboxylic acids is 1. The fourth-order valence-corrected chi connectivity index (χ4v) is 4.43. The molecule has 0 saturated carbocycles. The lowest BCUT2D eigenvalue weighted by Crippen LogP contribution is -2.52. The molecule has 0 spiro atoms. The van der Waals surface area contributed by atoms with Crippen molar-refractivity contribution >= 4 is 29.7 Å². The molecule has 3 rings (SSSR count). The van der Waals surface area contributed by atoms with Crippen LogP contribution in [0.3, 0.4) is 0 Å². The van der Waals surface area contributed by atoms with Crippen molar-refractivity contribution in [3.8, 4) is 11.1 Å². The number of rotatable bonds is 11. The first-order chi connectivity index (χ1) is 16.3. The maximum atomic E-state index is 12.7. The van der Waals surface area contributed by atoms with Gasteiger partial charge in [0, 0.05) is 12.3 Å². The van der Waals surface area contributed by atoms with E-state index in [0.29, 0.717) is 5.75 Å². The molecule has 2 aromatic carbocycles. The van der Waals surface area contributed by atoms with E-state index >= 15 is 0 Å². The monoisotopic (exact) mass is 492 g/mol. The van der Waals surface area contributed by atoms with Crippen LogP contribution in [0.5, 0.6) is 0 Å². The van der Waals surface area contributed by atoms with Gasteiger partial charge in [0.2, 0.25) is 12.3 Å². The Bertz CT molecular complexity index is 990. The van der Waals surface area contributed by atoms with Gasteiger partial charge < -0.3 is 20.5 Å². The first-order valence-corrected chi connectivity index (χ1v) is 12.1. The molecule has 2 atom stereocenters. The van der Waals surface area contributed by atoms with Gasteiger partial charge in [-0.1, -0.05) is 48.5 Å². The van der Waals surface area contributed by atoms with Gasteiger partial charge in [-0.15, -0.1) is 0 Å². The van der Waals surface area contributed by atoms with Gasteiger partial charge in [0.25, 0.3) is 0 Å². The number of thioether (sulfide) groups is 1. The third-order valence-electron chi connectivity index (χ3n) is 5.59. The van der Waals surface area contributed by atoms with Gasteiger partial charge in [0.15, 0.2) is 0 Å². The Balaban J connectivity index is 1.65. The highest BCUT2D eigenvalue weighted by atomic mass is 32.2. The summed E-state index contributed by atoms with van der Waals surface area (Å²) in [7, 11) is 0. The van der Waals surface area contributed by atoms with Gasteiger partial charge in [-0.25, -0.2) is 18.4 Å². The van der Waals surface area contributed by atoms with E-state index in [1.807, 2.05) is 48.5 Å². The highest BCUT2D eigenvalue weighted by molar-refractivity contribution is 7.98. The van der Waals surface area contributed by atoms with Crippen LogP contribution >= 0.6 is 11.8 Å². The van der Waals surface area contributed by atoms with Crippen molar-refractivity contribution in [2.45, 2.75) is 37.3 Å². The quantitative estimate of drug-likeness (QED) is 0.440. The maximum Gasteiger partial charge on any atom is 0.407 e. The molecule has 1 aliphatic rings. The molecule has 2 amide bonds. The van der Waals surface area contributed by atoms with Crippen molar-refractivity contribution in [3.05, 3.63) is 59.7 Å². The van der Waals surface area contributed by atoms with E-state index in [1.54, 1.807) is 6.26 Å². The van der Waals surface area contributed by atoms with Crippen LogP contribution in [-0.4, -0.2) is 60.2 Å². The predicted octanol–water partition coefficient (Wildman–Crippen LogP) is 3.87. The molecule has 0 bridgehead atoms. The predicted molar refractivity (Wildman–Crippen MR) is 125 cm³/mol. The Morgan fingerprint density at radius 1 is 1.00 bits per heavy atom. The number of carbonyl (C=O) groups is 3. The molecular weight excluding hydrogens is 466 g/mol. The van der Waals surface area contributed by atoms with Crippen LogP contribution in [0.1, 0.15) is 29.9 Å². The van der Waals surface area contributed by atoms with Crippen molar-refractivity contribution < 1.29 is 33.0 Å². The van der Waals surface area contributed by atoms with Crippen LogP contribution in [0, 0.1) is 0 Å². The van der Waals surface area contributed by atoms with Crippen molar-refractivity contribution in [1.82, 2.24) is 10.6 Å². The standard InChI is InChI=1S/C24H26F2N2O5S/c1-34-11-10-19(22(29)27-20(23(30)31)12-21(25)26)28-24(32)33-13-18-16-8-4-2-6-14(16)15-7-3-5-9-17(15)18/h2-9,18-21H,10-13H2,1H3,(H,27,29)(H,28,32)(H,30,31)/t19-,20?/m1/s1. The van der Waals surface area contributed by atoms with Crippen molar-refractivity contribution in [3.63, 3.8) is 0 Å². The minimum atomic E-state index is -2.90. The molecule has 0 aliphatic heterocycles. The Morgan fingerprint density at radius 2 is 1.59 bits per heavy atom. The molecular formula is C24H26F2N2O5S. The second-order valence-corrected chi connectivity index (χ2v) is 8.82. The van der Waals surface area contributed by atoms with E-state index in [0.717, 1.165) is 22.3 Å². The molecule has 0 heterocycles. The van der Waals surface area contributed by atoms with Crippen LogP contribution in [0.4, 0.5) is 13.6 Å². The molecule has 0 saturated heterocycles. The van der Waals surface area contributed by atoms with Crippen molar-refractivity contribution in [2.75, 3.05) is 18.6 Å². The highest BCUT2D eigenvalue weighted by Crippen LogP contribution is 2.44. The SMILES string of the molecule is CSCC[C@@H](NC(=O)OCC1c2ccccc2-c2ccccc21)C(=O)NC(CC(F)F)C(=O)O. The number of nitrogens with one attached hydrogen (secondary N) is 2. The van der Waals surface area contributed by atoms with E-state index in [4.69, 9.17) is 9.84 Å². The summed E-state index contributed by atoms with van der Waals surface area (Å²) in [4.78, 5) is 36.3. The molecule has 34 heavy (non-hydrogen) atoms. The van der Waals surface area contributed by atoms with Gasteiger partial charge in [-0.3, -0.25) is 4.79 Å². The number of alkyl carbamates (subject to hydrolysis) is 1. The largest absolute Gasteiger partial charge is 0.480 e. The molecule has 0 radical (unpaired) electrons. The van der Waals surface area contributed by atoms with Crippen LogP contribution in [0.2, 0.25) is 0 Å². The number of carboxylic acid groups (broad SMARTS) is 1. The van der Waals surface area contributed by atoms with E-state index in [-0.39, 0.29) is 18.9 Å². The first kappa shape index (κ1) is 25.5. The Labute approximate surface area is 200 Å². The van der Waals surface area contributed by atoms with Crippen molar-refractivity contribution in [2.24, 2.45) is 0 Å². The fourth-order valence-electron chi connectivity index (χ4n) is 3.96. The molecule has 10 heteroatoms.